The molecule has 0 spiro atoms. The fourth-order valence-corrected chi connectivity index (χ4v) is 4.31. The molecule has 0 aromatic carbocycles. The molecular formula is C20H31F2N5O2. The number of piperidine rings is 1. The first kappa shape index (κ1) is 21.7. The highest BCUT2D eigenvalue weighted by atomic mass is 19.3. The summed E-state index contributed by atoms with van der Waals surface area (Å²) in [6, 6.07) is 0.0503. The van der Waals surface area contributed by atoms with Gasteiger partial charge in [0.2, 0.25) is 11.8 Å². The van der Waals surface area contributed by atoms with Crippen LogP contribution in [-0.4, -0.2) is 63.9 Å². The number of rotatable bonds is 7. The fourth-order valence-electron chi connectivity index (χ4n) is 4.31. The summed E-state index contributed by atoms with van der Waals surface area (Å²) in [7, 11) is 1.70. The molecule has 1 aromatic rings. The Morgan fingerprint density at radius 3 is 2.55 bits per heavy atom. The minimum absolute atomic E-state index is 0.0503. The molecule has 9 heteroatoms. The Bertz CT molecular complexity index is 682. The summed E-state index contributed by atoms with van der Waals surface area (Å²) in [5.41, 5.74) is 0. The lowest BCUT2D eigenvalue weighted by molar-refractivity contribution is -0.137. The van der Waals surface area contributed by atoms with E-state index in [0.717, 1.165) is 43.1 Å². The number of hydrogen-bond acceptors (Lipinski definition) is 4. The average molecular weight is 411 g/mol. The number of alkyl halides is 2. The van der Waals surface area contributed by atoms with E-state index in [1.54, 1.807) is 11.9 Å². The number of likely N-dealkylation sites (N-methyl/N-ethyl adjacent to an activating group) is 1. The normalized spacial score (nSPS) is 19.1. The molecule has 162 valence electrons. The lowest BCUT2D eigenvalue weighted by Gasteiger charge is -2.35. The zero-order valence-electron chi connectivity index (χ0n) is 17.0. The Kier molecular flexibility index (Phi) is 7.57. The van der Waals surface area contributed by atoms with Crippen molar-refractivity contribution in [2.24, 2.45) is 5.92 Å². The van der Waals surface area contributed by atoms with Crippen LogP contribution in [0.3, 0.4) is 0 Å². The maximum absolute atomic E-state index is 12.9. The van der Waals surface area contributed by atoms with Crippen LogP contribution in [0.2, 0.25) is 0 Å². The summed E-state index contributed by atoms with van der Waals surface area (Å²) < 4.78 is 26.6. The van der Waals surface area contributed by atoms with Crippen LogP contribution in [0.1, 0.15) is 57.3 Å². The zero-order chi connectivity index (χ0) is 20.8. The molecular weight excluding hydrogens is 380 g/mol. The summed E-state index contributed by atoms with van der Waals surface area (Å²) in [6.07, 6.45) is 9.61. The van der Waals surface area contributed by atoms with Crippen LogP contribution in [0.5, 0.6) is 0 Å². The number of aromatic nitrogens is 2. The van der Waals surface area contributed by atoms with E-state index in [2.05, 4.69) is 10.3 Å². The van der Waals surface area contributed by atoms with Gasteiger partial charge in [0.25, 0.3) is 0 Å². The van der Waals surface area contributed by atoms with E-state index >= 15 is 0 Å². The van der Waals surface area contributed by atoms with Crippen molar-refractivity contribution in [3.63, 3.8) is 0 Å². The molecule has 7 nitrogen and oxygen atoms in total. The number of halogens is 2. The maximum atomic E-state index is 12.9. The lowest BCUT2D eigenvalue weighted by Crippen LogP contribution is -2.49. The molecule has 1 saturated heterocycles. The summed E-state index contributed by atoms with van der Waals surface area (Å²) in [5, 5.41) is 3.01. The molecule has 2 aliphatic rings. The van der Waals surface area contributed by atoms with E-state index in [0.29, 0.717) is 13.1 Å². The highest BCUT2D eigenvalue weighted by Crippen LogP contribution is 2.26. The summed E-state index contributed by atoms with van der Waals surface area (Å²) in [4.78, 5) is 32.5. The Hall–Kier alpha value is -2.03. The van der Waals surface area contributed by atoms with Crippen LogP contribution in [0, 0.1) is 5.92 Å². The molecule has 2 fully saturated rings. The summed E-state index contributed by atoms with van der Waals surface area (Å²) in [6.45, 7) is -1.00. The molecule has 1 aromatic heterocycles. The van der Waals surface area contributed by atoms with Gasteiger partial charge in [0.1, 0.15) is 5.82 Å². The predicted molar refractivity (Wildman–Crippen MR) is 104 cm³/mol. The van der Waals surface area contributed by atoms with Gasteiger partial charge < -0.3 is 10.2 Å². The minimum atomic E-state index is -2.64. The van der Waals surface area contributed by atoms with Gasteiger partial charge >= 0.3 is 6.55 Å². The SMILES string of the molecule is CN(CC(=O)NC1CCN(C(=O)C2CCCCC2)CC1)Cc1nccn1C(F)F. The molecule has 0 unspecified atom stereocenters. The maximum Gasteiger partial charge on any atom is 0.319 e. The first-order chi connectivity index (χ1) is 13.9. The van der Waals surface area contributed by atoms with Gasteiger partial charge in [0, 0.05) is 37.4 Å². The van der Waals surface area contributed by atoms with Gasteiger partial charge in [-0.2, -0.15) is 8.78 Å². The quantitative estimate of drug-likeness (QED) is 0.748. The van der Waals surface area contributed by atoms with Crippen molar-refractivity contribution in [1.82, 2.24) is 24.7 Å². The Morgan fingerprint density at radius 1 is 1.21 bits per heavy atom. The van der Waals surface area contributed by atoms with Crippen molar-refractivity contribution in [3.8, 4) is 0 Å². The molecule has 2 heterocycles. The van der Waals surface area contributed by atoms with Crippen LogP contribution < -0.4 is 5.32 Å². The number of hydrogen-bond donors (Lipinski definition) is 1. The van der Waals surface area contributed by atoms with Gasteiger partial charge in [-0.3, -0.25) is 19.1 Å². The molecule has 3 rings (SSSR count). The monoisotopic (exact) mass is 411 g/mol. The predicted octanol–water partition coefficient (Wildman–Crippen LogP) is 2.40. The third kappa shape index (κ3) is 5.98. The highest BCUT2D eigenvalue weighted by Gasteiger charge is 2.29. The second-order valence-electron chi connectivity index (χ2n) is 8.20. The molecule has 1 N–H and O–H groups in total. The van der Waals surface area contributed by atoms with Crippen molar-refractivity contribution < 1.29 is 18.4 Å². The van der Waals surface area contributed by atoms with E-state index in [-0.39, 0.29) is 42.7 Å². The number of likely N-dealkylation sites (tertiary alicyclic amines) is 1. The van der Waals surface area contributed by atoms with Gasteiger partial charge in [-0.05, 0) is 32.7 Å². The number of nitrogens with one attached hydrogen (secondary N) is 1. The minimum Gasteiger partial charge on any atom is -0.352 e. The molecule has 1 saturated carbocycles. The van der Waals surface area contributed by atoms with Crippen molar-refractivity contribution in [2.75, 3.05) is 26.7 Å². The number of carbonyl (C=O) groups excluding carboxylic acids is 2. The van der Waals surface area contributed by atoms with Gasteiger partial charge in [-0.25, -0.2) is 4.98 Å². The van der Waals surface area contributed by atoms with E-state index in [1.807, 2.05) is 4.90 Å². The second kappa shape index (κ2) is 10.1. The van der Waals surface area contributed by atoms with Crippen LogP contribution in [0.4, 0.5) is 8.78 Å². The zero-order valence-corrected chi connectivity index (χ0v) is 17.0. The number of nitrogens with zero attached hydrogens (tertiary/aromatic N) is 4. The number of imidazole rings is 1. The second-order valence-corrected chi connectivity index (χ2v) is 8.20. The van der Waals surface area contributed by atoms with Crippen LogP contribution >= 0.6 is 0 Å². The molecule has 1 aliphatic heterocycles. The molecule has 0 bridgehead atoms. The van der Waals surface area contributed by atoms with Gasteiger partial charge in [-0.1, -0.05) is 19.3 Å². The lowest BCUT2D eigenvalue weighted by atomic mass is 9.87. The van der Waals surface area contributed by atoms with Crippen LogP contribution in [0.25, 0.3) is 0 Å². The summed E-state index contributed by atoms with van der Waals surface area (Å²) in [5.74, 6) is 0.553. The van der Waals surface area contributed by atoms with E-state index in [1.165, 1.54) is 18.8 Å². The third-order valence-corrected chi connectivity index (χ3v) is 5.91. The van der Waals surface area contributed by atoms with Gasteiger partial charge in [0.15, 0.2) is 0 Å². The fraction of sp³-hybridized carbons (Fsp3) is 0.750. The van der Waals surface area contributed by atoms with Crippen molar-refractivity contribution in [2.45, 2.75) is 64.1 Å². The average Bonchev–Trinajstić information content (AvgIpc) is 3.17. The van der Waals surface area contributed by atoms with Crippen LogP contribution in [0.15, 0.2) is 12.4 Å². The molecule has 0 atom stereocenters. The van der Waals surface area contributed by atoms with Crippen molar-refractivity contribution in [1.29, 1.82) is 0 Å². The first-order valence-corrected chi connectivity index (χ1v) is 10.5. The van der Waals surface area contributed by atoms with Crippen molar-refractivity contribution >= 4 is 11.8 Å². The number of carbonyl (C=O) groups is 2. The Morgan fingerprint density at radius 2 is 1.90 bits per heavy atom. The van der Waals surface area contributed by atoms with Gasteiger partial charge in [-0.15, -0.1) is 0 Å². The van der Waals surface area contributed by atoms with E-state index < -0.39 is 6.55 Å². The van der Waals surface area contributed by atoms with Gasteiger partial charge in [0.05, 0.1) is 13.1 Å². The largest absolute Gasteiger partial charge is 0.352 e. The van der Waals surface area contributed by atoms with E-state index in [9.17, 15) is 18.4 Å². The van der Waals surface area contributed by atoms with E-state index in [4.69, 9.17) is 0 Å². The molecule has 0 radical (unpaired) electrons. The molecule has 2 amide bonds. The third-order valence-electron chi connectivity index (χ3n) is 5.91. The number of amides is 2. The molecule has 1 aliphatic carbocycles. The van der Waals surface area contributed by atoms with Crippen LogP contribution in [-0.2, 0) is 16.1 Å². The Balaban J connectivity index is 1.39. The highest BCUT2D eigenvalue weighted by molar-refractivity contribution is 5.79. The standard InChI is InChI=1S/C20H31F2N5O2/c1-25(13-17-23-9-12-27(17)20(21)22)14-18(28)24-16-7-10-26(11-8-16)19(29)15-5-3-2-4-6-15/h9,12,15-16,20H,2-8,10-11,13-14H2,1H3,(H,24,28). The molecule has 29 heavy (non-hydrogen) atoms. The summed E-state index contributed by atoms with van der Waals surface area (Å²) >= 11 is 0. The van der Waals surface area contributed by atoms with Crippen molar-refractivity contribution in [3.05, 3.63) is 18.2 Å². The smallest absolute Gasteiger partial charge is 0.319 e. The topological polar surface area (TPSA) is 70.5 Å². The first-order valence-electron chi connectivity index (χ1n) is 10.5. The Labute approximate surface area is 170 Å².